The van der Waals surface area contributed by atoms with Crippen LogP contribution in [0.2, 0.25) is 0 Å². The molecule has 0 aliphatic carbocycles. The Hall–Kier alpha value is -1.78. The molecule has 5 nitrogen and oxygen atoms in total. The third-order valence-corrected chi connectivity index (χ3v) is 1.55. The summed E-state index contributed by atoms with van der Waals surface area (Å²) in [5, 5.41) is 0. The van der Waals surface area contributed by atoms with Crippen LogP contribution in [0.3, 0.4) is 0 Å². The van der Waals surface area contributed by atoms with Crippen LogP contribution in [-0.4, -0.2) is 25.2 Å². The summed E-state index contributed by atoms with van der Waals surface area (Å²) in [5.74, 6) is 0.214. The molecule has 0 aromatic heterocycles. The molecule has 0 amide bonds. The third-order valence-electron chi connectivity index (χ3n) is 1.55. The zero-order valence-corrected chi connectivity index (χ0v) is 8.61. The summed E-state index contributed by atoms with van der Waals surface area (Å²) in [4.78, 5) is 21.1. The van der Waals surface area contributed by atoms with Crippen molar-refractivity contribution in [2.24, 2.45) is 0 Å². The Labute approximate surface area is 87.3 Å². The SMILES string of the molecule is CC(=O)OCC1=CC=C(OC(C)=O)CO1. The monoisotopic (exact) mass is 212 g/mol. The molecule has 0 N–H and O–H groups in total. The number of esters is 2. The van der Waals surface area contributed by atoms with Gasteiger partial charge in [-0.1, -0.05) is 0 Å². The number of allylic oxidation sites excluding steroid dienone is 2. The van der Waals surface area contributed by atoms with Gasteiger partial charge in [-0.15, -0.1) is 0 Å². The Kier molecular flexibility index (Phi) is 3.91. The zero-order chi connectivity index (χ0) is 11.3. The second kappa shape index (κ2) is 5.19. The maximum absolute atomic E-state index is 10.6. The van der Waals surface area contributed by atoms with Gasteiger partial charge in [0.1, 0.15) is 24.7 Å². The summed E-state index contributed by atoms with van der Waals surface area (Å²) in [7, 11) is 0. The quantitative estimate of drug-likeness (QED) is 0.651. The van der Waals surface area contributed by atoms with Crippen LogP contribution in [0, 0.1) is 0 Å². The number of ether oxygens (including phenoxy) is 3. The molecule has 82 valence electrons. The van der Waals surface area contributed by atoms with Crippen molar-refractivity contribution in [1.29, 1.82) is 0 Å². The molecule has 15 heavy (non-hydrogen) atoms. The molecular weight excluding hydrogens is 200 g/mol. The van der Waals surface area contributed by atoms with E-state index in [1.165, 1.54) is 13.8 Å². The normalized spacial score (nSPS) is 14.5. The van der Waals surface area contributed by atoms with Gasteiger partial charge in [0.15, 0.2) is 0 Å². The molecule has 0 bridgehead atoms. The second-order valence-electron chi connectivity index (χ2n) is 2.93. The minimum Gasteiger partial charge on any atom is -0.486 e. The number of hydrogen-bond acceptors (Lipinski definition) is 5. The van der Waals surface area contributed by atoms with Gasteiger partial charge in [0, 0.05) is 13.8 Å². The molecule has 1 aliphatic rings. The van der Waals surface area contributed by atoms with Gasteiger partial charge < -0.3 is 14.2 Å². The van der Waals surface area contributed by atoms with E-state index in [0.717, 1.165) is 0 Å². The van der Waals surface area contributed by atoms with E-state index in [4.69, 9.17) is 14.2 Å². The lowest BCUT2D eigenvalue weighted by Gasteiger charge is -2.15. The highest BCUT2D eigenvalue weighted by molar-refractivity contribution is 5.67. The summed E-state index contributed by atoms with van der Waals surface area (Å²) in [5.41, 5.74) is 0. The minimum absolute atomic E-state index is 0.0964. The lowest BCUT2D eigenvalue weighted by molar-refractivity contribution is -0.140. The molecular formula is C10H12O5. The van der Waals surface area contributed by atoms with E-state index in [9.17, 15) is 9.59 Å². The van der Waals surface area contributed by atoms with Gasteiger partial charge in [-0.2, -0.15) is 0 Å². The number of carbonyl (C=O) groups excluding carboxylic acids is 2. The van der Waals surface area contributed by atoms with Crippen LogP contribution in [-0.2, 0) is 23.8 Å². The summed E-state index contributed by atoms with van der Waals surface area (Å²) in [6.07, 6.45) is 3.22. The minimum atomic E-state index is -0.387. The number of hydrogen-bond donors (Lipinski definition) is 0. The van der Waals surface area contributed by atoms with Crippen molar-refractivity contribution in [2.45, 2.75) is 13.8 Å². The van der Waals surface area contributed by atoms with Crippen LogP contribution >= 0.6 is 0 Å². The molecule has 0 aromatic rings. The first-order valence-corrected chi connectivity index (χ1v) is 4.42. The summed E-state index contributed by atoms with van der Waals surface area (Å²) in [6, 6.07) is 0. The molecule has 0 spiro atoms. The van der Waals surface area contributed by atoms with Crippen LogP contribution < -0.4 is 0 Å². The van der Waals surface area contributed by atoms with Gasteiger partial charge in [-0.25, -0.2) is 0 Å². The fraction of sp³-hybridized carbons (Fsp3) is 0.400. The first kappa shape index (κ1) is 11.3. The van der Waals surface area contributed by atoms with E-state index in [1.807, 2.05) is 0 Å². The van der Waals surface area contributed by atoms with Crippen LogP contribution in [0.5, 0.6) is 0 Å². The molecule has 0 saturated heterocycles. The summed E-state index contributed by atoms with van der Waals surface area (Å²) in [6.45, 7) is 2.91. The maximum atomic E-state index is 10.6. The molecule has 0 atom stereocenters. The smallest absolute Gasteiger partial charge is 0.307 e. The van der Waals surface area contributed by atoms with Crippen LogP contribution in [0.25, 0.3) is 0 Å². The van der Waals surface area contributed by atoms with Crippen molar-refractivity contribution < 1.29 is 23.8 Å². The van der Waals surface area contributed by atoms with E-state index in [1.54, 1.807) is 12.2 Å². The van der Waals surface area contributed by atoms with Gasteiger partial charge in [0.25, 0.3) is 0 Å². The van der Waals surface area contributed by atoms with Gasteiger partial charge >= 0.3 is 11.9 Å². The first-order chi connectivity index (χ1) is 7.08. The molecule has 1 rings (SSSR count). The van der Waals surface area contributed by atoms with Crippen molar-refractivity contribution in [3.8, 4) is 0 Å². The van der Waals surface area contributed by atoms with Crippen LogP contribution in [0.1, 0.15) is 13.8 Å². The third kappa shape index (κ3) is 4.30. The second-order valence-corrected chi connectivity index (χ2v) is 2.93. The maximum Gasteiger partial charge on any atom is 0.307 e. The molecule has 1 aliphatic heterocycles. The molecule has 0 unspecified atom stereocenters. The first-order valence-electron chi connectivity index (χ1n) is 4.42. The van der Waals surface area contributed by atoms with Crippen LogP contribution in [0.15, 0.2) is 23.7 Å². The van der Waals surface area contributed by atoms with Gasteiger partial charge in [0.05, 0.1) is 0 Å². The standard InChI is InChI=1S/C10H12O5/c1-7(11)13-5-9-3-4-10(6-14-9)15-8(2)12/h3-4H,5-6H2,1-2H3. The number of rotatable bonds is 3. The highest BCUT2D eigenvalue weighted by atomic mass is 16.6. The summed E-state index contributed by atoms with van der Waals surface area (Å²) < 4.78 is 14.7. The van der Waals surface area contributed by atoms with Gasteiger partial charge in [-0.3, -0.25) is 9.59 Å². The Balaban J connectivity index is 2.45. The van der Waals surface area contributed by atoms with Crippen molar-refractivity contribution in [3.63, 3.8) is 0 Å². The molecule has 5 heteroatoms. The van der Waals surface area contributed by atoms with Crippen LogP contribution in [0.4, 0.5) is 0 Å². The molecule has 0 saturated carbocycles. The number of carbonyl (C=O) groups is 2. The van der Waals surface area contributed by atoms with E-state index >= 15 is 0 Å². The Bertz CT molecular complexity index is 327. The van der Waals surface area contributed by atoms with E-state index in [0.29, 0.717) is 11.5 Å². The highest BCUT2D eigenvalue weighted by Crippen LogP contribution is 2.11. The van der Waals surface area contributed by atoms with Crippen molar-refractivity contribution in [1.82, 2.24) is 0 Å². The van der Waals surface area contributed by atoms with E-state index in [2.05, 4.69) is 0 Å². The Morgan fingerprint density at radius 2 is 2.07 bits per heavy atom. The van der Waals surface area contributed by atoms with E-state index in [-0.39, 0.29) is 25.2 Å². The Morgan fingerprint density at radius 3 is 2.53 bits per heavy atom. The average molecular weight is 212 g/mol. The fourth-order valence-electron chi connectivity index (χ4n) is 0.957. The summed E-state index contributed by atoms with van der Waals surface area (Å²) >= 11 is 0. The molecule has 0 radical (unpaired) electrons. The van der Waals surface area contributed by atoms with Gasteiger partial charge in [0.2, 0.25) is 0 Å². The molecule has 0 aromatic carbocycles. The van der Waals surface area contributed by atoms with Crippen molar-refractivity contribution in [2.75, 3.05) is 13.2 Å². The predicted octanol–water partition coefficient (Wildman–Crippen LogP) is 0.911. The molecule has 0 fully saturated rings. The van der Waals surface area contributed by atoms with E-state index < -0.39 is 0 Å². The zero-order valence-electron chi connectivity index (χ0n) is 8.61. The Morgan fingerprint density at radius 1 is 1.33 bits per heavy atom. The highest BCUT2D eigenvalue weighted by Gasteiger charge is 2.10. The topological polar surface area (TPSA) is 61.8 Å². The fourth-order valence-corrected chi connectivity index (χ4v) is 0.957. The predicted molar refractivity (Wildman–Crippen MR) is 50.5 cm³/mol. The largest absolute Gasteiger partial charge is 0.486 e. The lowest BCUT2D eigenvalue weighted by Crippen LogP contribution is -2.13. The molecule has 1 heterocycles. The van der Waals surface area contributed by atoms with Crippen molar-refractivity contribution >= 4 is 11.9 Å². The average Bonchev–Trinajstić information content (AvgIpc) is 2.16. The van der Waals surface area contributed by atoms with Gasteiger partial charge in [-0.05, 0) is 12.2 Å². The van der Waals surface area contributed by atoms with Crippen molar-refractivity contribution in [3.05, 3.63) is 23.7 Å². The lowest BCUT2D eigenvalue weighted by atomic mass is 10.3.